The highest BCUT2D eigenvalue weighted by atomic mass is 32.2. The van der Waals surface area contributed by atoms with E-state index < -0.39 is 0 Å². The van der Waals surface area contributed by atoms with Crippen LogP contribution in [0.3, 0.4) is 0 Å². The Morgan fingerprint density at radius 2 is 1.67 bits per heavy atom. The molecule has 3 aromatic rings. The van der Waals surface area contributed by atoms with Crippen molar-refractivity contribution in [3.63, 3.8) is 0 Å². The number of thiazole rings is 1. The number of amides is 1. The highest BCUT2D eigenvalue weighted by Crippen LogP contribution is 2.21. The summed E-state index contributed by atoms with van der Waals surface area (Å²) in [5.41, 5.74) is 2.48. The third-order valence-corrected chi connectivity index (χ3v) is 5.28. The van der Waals surface area contributed by atoms with Crippen LogP contribution in [0.5, 0.6) is 0 Å². The number of carbonyl (C=O) groups excluding carboxylic acids is 1. The fraction of sp³-hybridized carbons (Fsp3) is 0.158. The molecule has 0 fully saturated rings. The van der Waals surface area contributed by atoms with Crippen LogP contribution in [0, 0.1) is 0 Å². The van der Waals surface area contributed by atoms with Crippen LogP contribution in [0.4, 0.5) is 5.13 Å². The molecule has 0 aliphatic rings. The Morgan fingerprint density at radius 1 is 1.00 bits per heavy atom. The van der Waals surface area contributed by atoms with Crippen LogP contribution in [0.15, 0.2) is 66.9 Å². The predicted octanol–water partition coefficient (Wildman–Crippen LogP) is 4.61. The normalized spacial score (nSPS) is 10.5. The van der Waals surface area contributed by atoms with E-state index in [1.54, 1.807) is 11.8 Å². The lowest BCUT2D eigenvalue weighted by Crippen LogP contribution is -2.13. The second-order valence-electron chi connectivity index (χ2n) is 5.32. The molecule has 0 spiro atoms. The van der Waals surface area contributed by atoms with Gasteiger partial charge in [0.1, 0.15) is 0 Å². The fourth-order valence-electron chi connectivity index (χ4n) is 2.24. The van der Waals surface area contributed by atoms with Gasteiger partial charge in [0.15, 0.2) is 5.13 Å². The smallest absolute Gasteiger partial charge is 0.236 e. The first kappa shape index (κ1) is 16.7. The van der Waals surface area contributed by atoms with Crippen molar-refractivity contribution < 1.29 is 4.79 Å². The Morgan fingerprint density at radius 3 is 2.38 bits per heavy atom. The van der Waals surface area contributed by atoms with Crippen molar-refractivity contribution in [2.24, 2.45) is 0 Å². The molecule has 1 amide bonds. The summed E-state index contributed by atoms with van der Waals surface area (Å²) < 4.78 is 0. The number of anilines is 1. The largest absolute Gasteiger partial charge is 0.301 e. The molecule has 3 nitrogen and oxygen atoms in total. The van der Waals surface area contributed by atoms with E-state index in [0.29, 0.717) is 10.9 Å². The van der Waals surface area contributed by atoms with Gasteiger partial charge in [-0.3, -0.25) is 4.79 Å². The molecule has 0 aliphatic carbocycles. The van der Waals surface area contributed by atoms with E-state index in [4.69, 9.17) is 0 Å². The van der Waals surface area contributed by atoms with Gasteiger partial charge >= 0.3 is 0 Å². The summed E-state index contributed by atoms with van der Waals surface area (Å²) in [7, 11) is 0. The number of nitrogens with zero attached hydrogens (tertiary/aromatic N) is 1. The standard InChI is InChI=1S/C19H18N2OS2/c22-18(14-23-13-16-9-5-2-6-10-16)21-19-20-12-17(24-19)11-15-7-3-1-4-8-15/h1-10,12H,11,13-14H2,(H,20,21,22). The van der Waals surface area contributed by atoms with E-state index in [1.165, 1.54) is 22.5 Å². The van der Waals surface area contributed by atoms with Crippen LogP contribution in [0.2, 0.25) is 0 Å². The lowest BCUT2D eigenvalue weighted by molar-refractivity contribution is -0.113. The van der Waals surface area contributed by atoms with Gasteiger partial charge in [-0.15, -0.1) is 23.1 Å². The lowest BCUT2D eigenvalue weighted by Gasteiger charge is -2.02. The van der Waals surface area contributed by atoms with Crippen LogP contribution in [-0.4, -0.2) is 16.6 Å². The average molecular weight is 355 g/mol. The Hall–Kier alpha value is -2.11. The highest BCUT2D eigenvalue weighted by molar-refractivity contribution is 7.99. The summed E-state index contributed by atoms with van der Waals surface area (Å²) >= 11 is 3.14. The molecule has 5 heteroatoms. The zero-order valence-electron chi connectivity index (χ0n) is 13.1. The first-order valence-corrected chi connectivity index (χ1v) is 9.67. The van der Waals surface area contributed by atoms with Gasteiger partial charge in [0.2, 0.25) is 5.91 Å². The molecule has 1 N–H and O–H groups in total. The van der Waals surface area contributed by atoms with Gasteiger partial charge in [0, 0.05) is 23.2 Å². The second kappa shape index (κ2) is 8.66. The minimum absolute atomic E-state index is 0.00320. The maximum atomic E-state index is 12.0. The zero-order chi connectivity index (χ0) is 16.6. The molecule has 1 aromatic heterocycles. The quantitative estimate of drug-likeness (QED) is 0.674. The van der Waals surface area contributed by atoms with Gasteiger partial charge in [-0.05, 0) is 11.1 Å². The summed E-state index contributed by atoms with van der Waals surface area (Å²) in [6, 6.07) is 20.4. The SMILES string of the molecule is O=C(CSCc1ccccc1)Nc1ncc(Cc2ccccc2)s1. The van der Waals surface area contributed by atoms with Crippen LogP contribution in [0.25, 0.3) is 0 Å². The molecule has 0 radical (unpaired) electrons. The maximum Gasteiger partial charge on any atom is 0.236 e. The first-order valence-electron chi connectivity index (χ1n) is 7.70. The van der Waals surface area contributed by atoms with Gasteiger partial charge in [-0.25, -0.2) is 4.98 Å². The third-order valence-electron chi connectivity index (χ3n) is 3.37. The number of benzene rings is 2. The molecule has 0 bridgehead atoms. The zero-order valence-corrected chi connectivity index (χ0v) is 14.8. The van der Waals surface area contributed by atoms with E-state index in [-0.39, 0.29) is 5.91 Å². The van der Waals surface area contributed by atoms with Gasteiger partial charge in [-0.2, -0.15) is 0 Å². The number of hydrogen-bond acceptors (Lipinski definition) is 4. The minimum atomic E-state index is -0.00320. The molecule has 3 rings (SSSR count). The first-order chi connectivity index (χ1) is 11.8. The Kier molecular flexibility index (Phi) is 6.04. The van der Waals surface area contributed by atoms with Gasteiger partial charge in [0.25, 0.3) is 0 Å². The number of aromatic nitrogens is 1. The molecule has 0 saturated heterocycles. The second-order valence-corrected chi connectivity index (χ2v) is 7.42. The number of thioether (sulfide) groups is 1. The summed E-state index contributed by atoms with van der Waals surface area (Å²) in [5, 5.41) is 3.55. The monoisotopic (exact) mass is 354 g/mol. The number of rotatable bonds is 7. The van der Waals surface area contributed by atoms with Crippen molar-refractivity contribution in [3.05, 3.63) is 82.9 Å². The maximum absolute atomic E-state index is 12.0. The topological polar surface area (TPSA) is 42.0 Å². The van der Waals surface area contributed by atoms with Gasteiger partial charge in [0.05, 0.1) is 5.75 Å². The molecule has 1 heterocycles. The summed E-state index contributed by atoms with van der Waals surface area (Å²) in [6.45, 7) is 0. The van der Waals surface area contributed by atoms with Crippen molar-refractivity contribution >= 4 is 34.1 Å². The summed E-state index contributed by atoms with van der Waals surface area (Å²) in [4.78, 5) is 17.4. The summed E-state index contributed by atoms with van der Waals surface area (Å²) in [6.07, 6.45) is 2.68. The van der Waals surface area contributed by atoms with Crippen molar-refractivity contribution in [3.8, 4) is 0 Å². The van der Waals surface area contributed by atoms with Crippen molar-refractivity contribution in [1.29, 1.82) is 0 Å². The Bertz CT molecular complexity index is 772. The molecule has 0 unspecified atom stereocenters. The third kappa shape index (κ3) is 5.22. The van der Waals surface area contributed by atoms with Crippen molar-refractivity contribution in [1.82, 2.24) is 4.98 Å². The highest BCUT2D eigenvalue weighted by Gasteiger charge is 2.07. The van der Waals surface area contributed by atoms with E-state index in [0.717, 1.165) is 17.1 Å². The van der Waals surface area contributed by atoms with Gasteiger partial charge < -0.3 is 5.32 Å². The lowest BCUT2D eigenvalue weighted by atomic mass is 10.1. The van der Waals surface area contributed by atoms with E-state index in [9.17, 15) is 4.79 Å². The number of nitrogens with one attached hydrogen (secondary N) is 1. The molecule has 122 valence electrons. The van der Waals surface area contributed by atoms with Crippen LogP contribution in [0.1, 0.15) is 16.0 Å². The van der Waals surface area contributed by atoms with E-state index in [2.05, 4.69) is 34.6 Å². The van der Waals surface area contributed by atoms with Crippen LogP contribution in [-0.2, 0) is 17.0 Å². The van der Waals surface area contributed by atoms with Crippen molar-refractivity contribution in [2.45, 2.75) is 12.2 Å². The molecule has 0 aliphatic heterocycles. The van der Waals surface area contributed by atoms with Crippen LogP contribution >= 0.6 is 23.1 Å². The van der Waals surface area contributed by atoms with Crippen LogP contribution < -0.4 is 5.32 Å². The molecule has 0 atom stereocenters. The molecular formula is C19H18N2OS2. The number of hydrogen-bond donors (Lipinski definition) is 1. The molecule has 2 aromatic carbocycles. The Labute approximate surface area is 150 Å². The predicted molar refractivity (Wildman–Crippen MR) is 103 cm³/mol. The molecule has 0 saturated carbocycles. The van der Waals surface area contributed by atoms with Crippen molar-refractivity contribution in [2.75, 3.05) is 11.1 Å². The fourth-order valence-corrected chi connectivity index (χ4v) is 3.89. The average Bonchev–Trinajstić information content (AvgIpc) is 3.03. The molecular weight excluding hydrogens is 336 g/mol. The summed E-state index contributed by atoms with van der Waals surface area (Å²) in [5.74, 6) is 1.27. The Balaban J connectivity index is 1.45. The molecule has 24 heavy (non-hydrogen) atoms. The minimum Gasteiger partial charge on any atom is -0.301 e. The number of carbonyl (C=O) groups is 1. The van der Waals surface area contributed by atoms with E-state index >= 15 is 0 Å². The van der Waals surface area contributed by atoms with E-state index in [1.807, 2.05) is 42.6 Å². The van der Waals surface area contributed by atoms with Gasteiger partial charge in [-0.1, -0.05) is 60.7 Å².